The maximum Gasteiger partial charge on any atom is 0.283 e. The molecule has 0 saturated heterocycles. The van der Waals surface area contributed by atoms with Gasteiger partial charge in [-0.1, -0.05) is 69.0 Å². The average Bonchev–Trinajstić information content (AvgIpc) is 3.49. The summed E-state index contributed by atoms with van der Waals surface area (Å²) in [6.07, 6.45) is 10.6. The third-order valence-corrected chi connectivity index (χ3v) is 7.76. The lowest BCUT2D eigenvalue weighted by Gasteiger charge is -2.20. The lowest BCUT2D eigenvalue weighted by molar-refractivity contribution is -0.114. The van der Waals surface area contributed by atoms with Gasteiger partial charge in [-0.2, -0.15) is 15.1 Å². The summed E-state index contributed by atoms with van der Waals surface area (Å²) in [6.45, 7) is 5.41. The van der Waals surface area contributed by atoms with Crippen LogP contribution in [0.1, 0.15) is 56.6 Å². The molecule has 3 aromatic rings. The third-order valence-electron chi connectivity index (χ3n) is 6.79. The SMILES string of the molecule is CCCCCCCC1=NN2C(=N)/C(=C\c3cn(CCOc4ccccc4C)c4ccccc34)C(=O)N=C2S1. The monoisotopic (exact) mass is 527 g/mol. The number of carbonyl (C=O) groups excluding carboxylic acids is 1. The van der Waals surface area contributed by atoms with Crippen molar-refractivity contribution in [2.24, 2.45) is 10.1 Å². The average molecular weight is 528 g/mol. The van der Waals surface area contributed by atoms with Crippen molar-refractivity contribution < 1.29 is 9.53 Å². The number of hydrazone groups is 1. The first-order chi connectivity index (χ1) is 18.5. The number of para-hydroxylation sites is 2. The van der Waals surface area contributed by atoms with E-state index in [2.05, 4.69) is 27.7 Å². The summed E-state index contributed by atoms with van der Waals surface area (Å²) in [5.41, 5.74) is 3.27. The molecule has 0 aliphatic carbocycles. The molecule has 2 aliphatic rings. The summed E-state index contributed by atoms with van der Waals surface area (Å²) < 4.78 is 8.15. The minimum atomic E-state index is -0.395. The van der Waals surface area contributed by atoms with Crippen LogP contribution in [0.25, 0.3) is 17.0 Å². The number of ether oxygens (including phenoxy) is 1. The van der Waals surface area contributed by atoms with Gasteiger partial charge in [0.15, 0.2) is 5.84 Å². The molecule has 1 aromatic heterocycles. The van der Waals surface area contributed by atoms with Gasteiger partial charge in [0.25, 0.3) is 5.91 Å². The van der Waals surface area contributed by atoms with Gasteiger partial charge in [0.2, 0.25) is 5.17 Å². The van der Waals surface area contributed by atoms with E-state index < -0.39 is 5.91 Å². The van der Waals surface area contributed by atoms with Crippen LogP contribution in [0.4, 0.5) is 0 Å². The van der Waals surface area contributed by atoms with Gasteiger partial charge in [0, 0.05) is 22.7 Å². The summed E-state index contributed by atoms with van der Waals surface area (Å²) in [6, 6.07) is 16.1. The van der Waals surface area contributed by atoms with Crippen LogP contribution >= 0.6 is 11.8 Å². The standard InChI is InChI=1S/C30H33N5O2S/c1-3-4-5-6-7-16-27-33-35-28(31)24(29(36)32-30(35)38-27)19-22-20-34(25-14-10-9-13-23(22)25)17-18-37-26-15-11-8-12-21(26)2/h8-15,19-20,31H,3-7,16-18H2,1-2H3/b24-19+,31-28?. The number of aromatic nitrogens is 1. The molecule has 5 rings (SSSR count). The molecule has 1 N–H and O–H groups in total. The van der Waals surface area contributed by atoms with Crippen LogP contribution in [0.2, 0.25) is 0 Å². The van der Waals surface area contributed by atoms with Crippen LogP contribution in [0.3, 0.4) is 0 Å². The van der Waals surface area contributed by atoms with Crippen molar-refractivity contribution in [1.29, 1.82) is 5.41 Å². The van der Waals surface area contributed by atoms with Gasteiger partial charge in [0.05, 0.1) is 12.1 Å². The number of thioether (sulfide) groups is 1. The maximum absolute atomic E-state index is 13.0. The van der Waals surface area contributed by atoms with Crippen LogP contribution in [-0.2, 0) is 11.3 Å². The number of carbonyl (C=O) groups is 1. The van der Waals surface area contributed by atoms with Crippen molar-refractivity contribution in [2.75, 3.05) is 6.61 Å². The Kier molecular flexibility index (Phi) is 8.08. The molecule has 38 heavy (non-hydrogen) atoms. The Balaban J connectivity index is 1.33. The van der Waals surface area contributed by atoms with E-state index in [4.69, 9.17) is 10.1 Å². The Morgan fingerprint density at radius 1 is 1.05 bits per heavy atom. The van der Waals surface area contributed by atoms with Crippen LogP contribution in [0.15, 0.2) is 70.4 Å². The van der Waals surface area contributed by atoms with E-state index in [1.165, 1.54) is 42.5 Å². The topological polar surface area (TPSA) is 83.0 Å². The summed E-state index contributed by atoms with van der Waals surface area (Å²) in [4.78, 5) is 17.3. The number of rotatable bonds is 11. The predicted octanol–water partition coefficient (Wildman–Crippen LogP) is 7.01. The zero-order valence-corrected chi connectivity index (χ0v) is 22.8. The number of aryl methyl sites for hydroxylation is 1. The Morgan fingerprint density at radius 3 is 2.68 bits per heavy atom. The summed E-state index contributed by atoms with van der Waals surface area (Å²) in [5.74, 6) is 0.562. The number of hydrogen-bond donors (Lipinski definition) is 1. The molecule has 196 valence electrons. The van der Waals surface area contributed by atoms with E-state index in [1.807, 2.05) is 55.6 Å². The molecule has 7 nitrogen and oxygen atoms in total. The van der Waals surface area contributed by atoms with E-state index in [0.29, 0.717) is 18.3 Å². The molecule has 0 bridgehead atoms. The molecule has 0 unspecified atom stereocenters. The molecule has 0 saturated carbocycles. The van der Waals surface area contributed by atoms with Gasteiger partial charge in [-0.25, -0.2) is 0 Å². The van der Waals surface area contributed by atoms with Gasteiger partial charge in [-0.15, -0.1) is 0 Å². The zero-order valence-electron chi connectivity index (χ0n) is 21.9. The van der Waals surface area contributed by atoms with Gasteiger partial charge < -0.3 is 9.30 Å². The minimum Gasteiger partial charge on any atom is -0.491 e. The first-order valence-electron chi connectivity index (χ1n) is 13.3. The Bertz CT molecular complexity index is 1450. The number of aliphatic imine (C=N–C) groups is 1. The second kappa shape index (κ2) is 11.8. The predicted molar refractivity (Wildman–Crippen MR) is 157 cm³/mol. The van der Waals surface area contributed by atoms with Crippen molar-refractivity contribution in [1.82, 2.24) is 9.58 Å². The highest BCUT2D eigenvalue weighted by atomic mass is 32.2. The third kappa shape index (κ3) is 5.60. The van der Waals surface area contributed by atoms with Gasteiger partial charge in [0.1, 0.15) is 17.4 Å². The Labute approximate surface area is 227 Å². The highest BCUT2D eigenvalue weighted by molar-refractivity contribution is 8.26. The highest BCUT2D eigenvalue weighted by Crippen LogP contribution is 2.31. The van der Waals surface area contributed by atoms with Crippen molar-refractivity contribution in [3.05, 3.63) is 71.4 Å². The first-order valence-corrected chi connectivity index (χ1v) is 14.1. The number of amides is 1. The summed E-state index contributed by atoms with van der Waals surface area (Å²) in [7, 11) is 0. The first kappa shape index (κ1) is 26.0. The molecule has 8 heteroatoms. The largest absolute Gasteiger partial charge is 0.491 e. The molecule has 0 spiro atoms. The van der Waals surface area contributed by atoms with Gasteiger partial charge in [-0.05, 0) is 55.3 Å². The fourth-order valence-corrected chi connectivity index (χ4v) is 5.64. The molecular weight excluding hydrogens is 494 g/mol. The number of unbranched alkanes of at least 4 members (excludes halogenated alkanes) is 4. The van der Waals surface area contributed by atoms with E-state index in [9.17, 15) is 4.79 Å². The normalized spacial score (nSPS) is 16.3. The van der Waals surface area contributed by atoms with Crippen LogP contribution in [-0.4, -0.2) is 38.1 Å². The fraction of sp³-hybridized carbons (Fsp3) is 0.333. The van der Waals surface area contributed by atoms with Crippen molar-refractivity contribution in [3.63, 3.8) is 0 Å². The molecule has 2 aliphatic heterocycles. The second-order valence-electron chi connectivity index (χ2n) is 9.59. The van der Waals surface area contributed by atoms with Crippen LogP contribution in [0.5, 0.6) is 5.75 Å². The second-order valence-corrected chi connectivity index (χ2v) is 10.6. The van der Waals surface area contributed by atoms with Gasteiger partial charge in [-0.3, -0.25) is 10.2 Å². The zero-order chi connectivity index (χ0) is 26.5. The van der Waals surface area contributed by atoms with Crippen LogP contribution in [0, 0.1) is 12.3 Å². The Hall–Kier alpha value is -3.65. The highest BCUT2D eigenvalue weighted by Gasteiger charge is 2.35. The lowest BCUT2D eigenvalue weighted by Crippen LogP contribution is -2.35. The van der Waals surface area contributed by atoms with Crippen molar-refractivity contribution >= 4 is 50.7 Å². The van der Waals surface area contributed by atoms with Gasteiger partial charge >= 0.3 is 0 Å². The molecule has 0 atom stereocenters. The Morgan fingerprint density at radius 2 is 1.84 bits per heavy atom. The van der Waals surface area contributed by atoms with E-state index >= 15 is 0 Å². The number of amidine groups is 2. The number of nitrogens with zero attached hydrogens (tertiary/aromatic N) is 4. The van der Waals surface area contributed by atoms with E-state index in [0.717, 1.165) is 45.7 Å². The summed E-state index contributed by atoms with van der Waals surface area (Å²) in [5, 5.41) is 17.3. The number of fused-ring (bicyclic) bond motifs is 2. The number of hydrogen-bond acceptors (Lipinski definition) is 5. The molecule has 3 heterocycles. The molecule has 2 aromatic carbocycles. The number of benzene rings is 2. The van der Waals surface area contributed by atoms with Crippen molar-refractivity contribution in [3.8, 4) is 5.75 Å². The lowest BCUT2D eigenvalue weighted by atomic mass is 10.1. The molecule has 0 fully saturated rings. The molecule has 0 radical (unpaired) electrons. The number of nitrogens with one attached hydrogen (secondary N) is 1. The van der Waals surface area contributed by atoms with Crippen LogP contribution < -0.4 is 4.74 Å². The summed E-state index contributed by atoms with van der Waals surface area (Å²) >= 11 is 1.41. The maximum atomic E-state index is 13.0. The quantitative estimate of drug-likeness (QED) is 0.215. The van der Waals surface area contributed by atoms with E-state index in [-0.39, 0.29) is 11.4 Å². The molecule has 1 amide bonds. The van der Waals surface area contributed by atoms with E-state index in [1.54, 1.807) is 6.08 Å². The fourth-order valence-electron chi connectivity index (χ4n) is 4.72. The smallest absolute Gasteiger partial charge is 0.283 e. The molecular formula is C30H33N5O2S. The van der Waals surface area contributed by atoms with Crippen molar-refractivity contribution in [2.45, 2.75) is 58.9 Å². The minimum absolute atomic E-state index is 0.0770.